The molecule has 308 valence electrons. The maximum atomic E-state index is 3.92. The summed E-state index contributed by atoms with van der Waals surface area (Å²) >= 11 is 0. The van der Waals surface area contributed by atoms with E-state index in [-0.39, 0.29) is 5.41 Å². The number of hydrogen-bond donors (Lipinski definition) is 0. The van der Waals surface area contributed by atoms with Gasteiger partial charge in [0.25, 0.3) is 0 Å². The lowest BCUT2D eigenvalue weighted by Gasteiger charge is -2.32. The maximum absolute atomic E-state index is 3.92. The predicted octanol–water partition coefficient (Wildman–Crippen LogP) is 16.7. The molecule has 0 aromatic heterocycles. The first kappa shape index (κ1) is 41.3. The molecule has 0 bridgehead atoms. The second-order valence-electron chi connectivity index (χ2n) is 17.0. The van der Waals surface area contributed by atoms with Crippen LogP contribution in [-0.2, 0) is 11.8 Å². The highest BCUT2D eigenvalue weighted by molar-refractivity contribution is 6.03. The van der Waals surface area contributed by atoms with Crippen LogP contribution in [0.4, 0.5) is 0 Å². The lowest BCUT2D eigenvalue weighted by Crippen LogP contribution is -2.27. The van der Waals surface area contributed by atoms with Gasteiger partial charge in [-0.05, 0) is 125 Å². The van der Waals surface area contributed by atoms with Crippen molar-refractivity contribution in [3.8, 4) is 22.3 Å². The van der Waals surface area contributed by atoms with Crippen LogP contribution in [0.5, 0.6) is 0 Å². The molecule has 0 saturated carbocycles. The third-order valence-corrected chi connectivity index (χ3v) is 13.2. The van der Waals surface area contributed by atoms with Gasteiger partial charge in [-0.3, -0.25) is 0 Å². The van der Waals surface area contributed by atoms with Crippen LogP contribution >= 0.6 is 0 Å². The summed E-state index contributed by atoms with van der Waals surface area (Å²) in [5.74, 6) is 0.790. The van der Waals surface area contributed by atoms with Crippen LogP contribution in [-0.4, -0.2) is 0 Å². The van der Waals surface area contributed by atoms with Gasteiger partial charge in [0.2, 0.25) is 0 Å². The van der Waals surface area contributed by atoms with Crippen molar-refractivity contribution in [2.45, 2.75) is 46.0 Å². The van der Waals surface area contributed by atoms with E-state index in [1.807, 2.05) is 26.0 Å². The quantitative estimate of drug-likeness (QED) is 0.114. The van der Waals surface area contributed by atoms with Crippen LogP contribution in [0.15, 0.2) is 225 Å². The monoisotopic (exact) mass is 812 g/mol. The summed E-state index contributed by atoms with van der Waals surface area (Å²) in [6, 6.07) is 65.3. The first-order valence-corrected chi connectivity index (χ1v) is 22.8. The Bertz CT molecular complexity index is 2880. The number of benzene rings is 7. The van der Waals surface area contributed by atoms with E-state index in [0.717, 1.165) is 12.8 Å². The molecule has 3 aliphatic rings. The van der Waals surface area contributed by atoms with Gasteiger partial charge >= 0.3 is 0 Å². The highest BCUT2D eigenvalue weighted by Gasteiger charge is 2.53. The molecular weight excluding hydrogens is 757 g/mol. The van der Waals surface area contributed by atoms with Crippen molar-refractivity contribution in [1.82, 2.24) is 0 Å². The second-order valence-corrected chi connectivity index (χ2v) is 17.0. The van der Waals surface area contributed by atoms with Crippen molar-refractivity contribution in [2.24, 2.45) is 11.8 Å². The highest BCUT2D eigenvalue weighted by atomic mass is 14.5. The molecule has 7 aromatic rings. The third-order valence-electron chi connectivity index (χ3n) is 13.2. The molecule has 0 fully saturated rings. The zero-order chi connectivity index (χ0) is 43.3. The van der Waals surface area contributed by atoms with Gasteiger partial charge in [0.1, 0.15) is 0 Å². The van der Waals surface area contributed by atoms with Crippen LogP contribution in [0.25, 0.3) is 45.0 Å². The molecule has 0 amide bonds. The summed E-state index contributed by atoms with van der Waals surface area (Å²) in [7, 11) is 0. The van der Waals surface area contributed by atoms with Crippen molar-refractivity contribution in [3.63, 3.8) is 0 Å². The first-order valence-electron chi connectivity index (χ1n) is 22.8. The van der Waals surface area contributed by atoms with Gasteiger partial charge in [-0.1, -0.05) is 247 Å². The number of fused-ring (bicyclic) bond motifs is 9. The molecule has 0 N–H and O–H groups in total. The van der Waals surface area contributed by atoms with E-state index in [2.05, 4.69) is 227 Å². The summed E-state index contributed by atoms with van der Waals surface area (Å²) in [6.45, 7) is 12.6. The van der Waals surface area contributed by atoms with E-state index in [0.29, 0.717) is 11.8 Å². The lowest BCUT2D eigenvalue weighted by molar-refractivity contribution is 0.464. The fraction of sp³-hybridized carbons (Fsp3) is 0.143. The Morgan fingerprint density at radius 3 is 1.78 bits per heavy atom. The fourth-order valence-corrected chi connectivity index (χ4v) is 10.3. The molecule has 7 aromatic carbocycles. The summed E-state index contributed by atoms with van der Waals surface area (Å²) in [5.41, 5.74) is 22.3. The Morgan fingerprint density at radius 1 is 0.571 bits per heavy atom. The smallest absolute Gasteiger partial charge is 0.0691 e. The van der Waals surface area contributed by atoms with Crippen LogP contribution in [0, 0.1) is 11.8 Å². The molecule has 0 nitrogen and oxygen atoms in total. The van der Waals surface area contributed by atoms with E-state index in [1.165, 1.54) is 94.6 Å². The minimum atomic E-state index is -0.309. The molecule has 0 radical (unpaired) electrons. The van der Waals surface area contributed by atoms with Crippen molar-refractivity contribution in [1.29, 1.82) is 0 Å². The van der Waals surface area contributed by atoms with E-state index < -0.39 is 0 Å². The fourth-order valence-electron chi connectivity index (χ4n) is 10.3. The summed E-state index contributed by atoms with van der Waals surface area (Å²) in [6.07, 6.45) is 17.3. The number of allylic oxidation sites excluding steroid dienone is 9. The topological polar surface area (TPSA) is 0 Å². The molecule has 3 aliphatic carbocycles. The van der Waals surface area contributed by atoms with Gasteiger partial charge in [0.05, 0.1) is 5.41 Å². The molecular formula is C63H56. The zero-order valence-corrected chi connectivity index (χ0v) is 37.1. The van der Waals surface area contributed by atoms with Gasteiger partial charge in [-0.25, -0.2) is 0 Å². The highest BCUT2D eigenvalue weighted by Crippen LogP contribution is 2.65. The first-order chi connectivity index (χ1) is 31.0. The van der Waals surface area contributed by atoms with E-state index in [1.54, 1.807) is 0 Å². The Hall–Kier alpha value is -7.02. The van der Waals surface area contributed by atoms with Gasteiger partial charge in [0, 0.05) is 0 Å². The average Bonchev–Trinajstić information content (AvgIpc) is 3.99. The molecule has 0 heteroatoms. The third kappa shape index (κ3) is 7.55. The summed E-state index contributed by atoms with van der Waals surface area (Å²) in [5, 5.41) is 0. The van der Waals surface area contributed by atoms with E-state index in [4.69, 9.17) is 0 Å². The van der Waals surface area contributed by atoms with E-state index in [9.17, 15) is 0 Å². The van der Waals surface area contributed by atoms with Crippen LogP contribution in [0.3, 0.4) is 0 Å². The SMILES string of the molecule is C=C/C=C\C=Cc1cc(/C(=C/C(Cc2ccc(-c3ccccc3)cc2)C(C)C)c2ccccc2)ccc1C1=CC2=C(C1)C1(c3ccccc32)c2ccccc2-c2ccccc21.CC. The van der Waals surface area contributed by atoms with Crippen LogP contribution in [0.1, 0.15) is 84.2 Å². The molecule has 1 spiro atoms. The molecule has 0 heterocycles. The minimum Gasteiger partial charge on any atom is -0.0991 e. The summed E-state index contributed by atoms with van der Waals surface area (Å²) < 4.78 is 0. The molecule has 0 aliphatic heterocycles. The number of rotatable bonds is 11. The Labute approximate surface area is 375 Å². The lowest BCUT2D eigenvalue weighted by atomic mass is 9.68. The Balaban J connectivity index is 0.00000249. The minimum absolute atomic E-state index is 0.309. The van der Waals surface area contributed by atoms with Gasteiger partial charge in [-0.15, -0.1) is 0 Å². The van der Waals surface area contributed by atoms with Crippen molar-refractivity contribution in [3.05, 3.63) is 275 Å². The summed E-state index contributed by atoms with van der Waals surface area (Å²) in [4.78, 5) is 0. The molecule has 1 unspecified atom stereocenters. The normalized spacial score (nSPS) is 14.9. The van der Waals surface area contributed by atoms with Gasteiger partial charge in [0.15, 0.2) is 0 Å². The predicted molar refractivity (Wildman–Crippen MR) is 271 cm³/mol. The molecule has 10 rings (SSSR count). The zero-order valence-electron chi connectivity index (χ0n) is 37.1. The molecule has 1 atom stereocenters. The maximum Gasteiger partial charge on any atom is 0.0691 e. The van der Waals surface area contributed by atoms with Gasteiger partial charge in [-0.2, -0.15) is 0 Å². The van der Waals surface area contributed by atoms with E-state index >= 15 is 0 Å². The van der Waals surface area contributed by atoms with Crippen molar-refractivity contribution in [2.75, 3.05) is 0 Å². The standard InChI is InChI=1S/C61H50.C2H6/c1-4-5-6-9-24-47-38-48(55(46-22-12-8-13-23-46)39-49(42(2)3)37-43-31-33-45(34-32-43)44-20-10-7-11-21-44)35-36-51(47)50-40-56-54-27-16-19-30-59(54)61(60(56)41-50)57-28-17-14-25-52(57)53-26-15-18-29-58(53)61;1-2/h4-36,38-40,42,49H,1,37,41H2,2-3H3;1-2H3/b6-5-,24-9?,55-39+;. The van der Waals surface area contributed by atoms with Crippen molar-refractivity contribution < 1.29 is 0 Å². The molecule has 0 saturated heterocycles. The molecule has 63 heavy (non-hydrogen) atoms. The second kappa shape index (κ2) is 18.1. The number of hydrogen-bond acceptors (Lipinski definition) is 0. The van der Waals surface area contributed by atoms with Gasteiger partial charge < -0.3 is 0 Å². The van der Waals surface area contributed by atoms with Crippen molar-refractivity contribution >= 4 is 22.8 Å². The average molecular weight is 813 g/mol. The van der Waals surface area contributed by atoms with Crippen LogP contribution in [0.2, 0.25) is 0 Å². The Kier molecular flexibility index (Phi) is 11.9. The largest absolute Gasteiger partial charge is 0.0991 e. The Morgan fingerprint density at radius 2 is 1.14 bits per heavy atom. The van der Waals surface area contributed by atoms with Crippen LogP contribution < -0.4 is 0 Å².